The Morgan fingerprint density at radius 2 is 2.04 bits per heavy atom. The summed E-state index contributed by atoms with van der Waals surface area (Å²) in [6.45, 7) is 4.84. The first-order chi connectivity index (χ1) is 12.4. The molecule has 1 fully saturated rings. The minimum Gasteiger partial charge on any atom is -0.347 e. The average molecular weight is 378 g/mol. The number of nitrogens with one attached hydrogen (secondary N) is 1. The predicted molar refractivity (Wildman–Crippen MR) is 97.0 cm³/mol. The Balaban J connectivity index is 1.94. The van der Waals surface area contributed by atoms with E-state index in [1.165, 1.54) is 0 Å². The SMILES string of the molecule is CCN(CC)C(=O)c1nc(C(=O)NC2CCS(=O)(=O)C2)c2ccccn12. The van der Waals surface area contributed by atoms with Crippen LogP contribution in [0.4, 0.5) is 0 Å². The topological polar surface area (TPSA) is 101 Å². The van der Waals surface area contributed by atoms with E-state index in [1.807, 2.05) is 13.8 Å². The molecular formula is C17H22N4O4S. The lowest BCUT2D eigenvalue weighted by molar-refractivity contribution is 0.0760. The Bertz CT molecular complexity index is 947. The van der Waals surface area contributed by atoms with Gasteiger partial charge in [0.2, 0.25) is 5.82 Å². The van der Waals surface area contributed by atoms with E-state index in [4.69, 9.17) is 0 Å². The molecule has 1 aliphatic rings. The van der Waals surface area contributed by atoms with Gasteiger partial charge in [-0.15, -0.1) is 0 Å². The molecular weight excluding hydrogens is 356 g/mol. The first-order valence-electron chi connectivity index (χ1n) is 8.64. The zero-order chi connectivity index (χ0) is 18.9. The summed E-state index contributed by atoms with van der Waals surface area (Å²) in [7, 11) is -3.09. The number of amides is 2. The highest BCUT2D eigenvalue weighted by Crippen LogP contribution is 2.17. The molecule has 9 heteroatoms. The number of carbonyl (C=O) groups is 2. The molecule has 1 unspecified atom stereocenters. The number of nitrogens with zero attached hydrogens (tertiary/aromatic N) is 3. The van der Waals surface area contributed by atoms with Gasteiger partial charge in [0.1, 0.15) is 0 Å². The fourth-order valence-electron chi connectivity index (χ4n) is 3.17. The minimum absolute atomic E-state index is 0.0598. The van der Waals surface area contributed by atoms with E-state index in [1.54, 1.807) is 33.7 Å². The maximum atomic E-state index is 12.7. The second kappa shape index (κ2) is 7.06. The molecule has 1 saturated heterocycles. The third kappa shape index (κ3) is 3.44. The fourth-order valence-corrected chi connectivity index (χ4v) is 4.84. The first kappa shape index (κ1) is 18.4. The van der Waals surface area contributed by atoms with Gasteiger partial charge in [0.05, 0.1) is 17.0 Å². The summed E-state index contributed by atoms with van der Waals surface area (Å²) in [6.07, 6.45) is 2.08. The van der Waals surface area contributed by atoms with Crippen LogP contribution in [0, 0.1) is 0 Å². The van der Waals surface area contributed by atoms with Crippen molar-refractivity contribution in [1.82, 2.24) is 19.6 Å². The van der Waals surface area contributed by atoms with Crippen molar-refractivity contribution < 1.29 is 18.0 Å². The van der Waals surface area contributed by atoms with Crippen molar-refractivity contribution >= 4 is 27.2 Å². The first-order valence-corrected chi connectivity index (χ1v) is 10.5. The van der Waals surface area contributed by atoms with Crippen molar-refractivity contribution in [3.63, 3.8) is 0 Å². The van der Waals surface area contributed by atoms with E-state index in [9.17, 15) is 18.0 Å². The van der Waals surface area contributed by atoms with Gasteiger partial charge >= 0.3 is 0 Å². The van der Waals surface area contributed by atoms with Gasteiger partial charge in [-0.25, -0.2) is 13.4 Å². The lowest BCUT2D eigenvalue weighted by Gasteiger charge is -2.17. The Morgan fingerprint density at radius 1 is 1.31 bits per heavy atom. The molecule has 2 aromatic rings. The molecule has 2 aromatic heterocycles. The third-order valence-electron chi connectivity index (χ3n) is 4.57. The Kier molecular flexibility index (Phi) is 4.99. The van der Waals surface area contributed by atoms with Gasteiger partial charge in [-0.1, -0.05) is 6.07 Å². The summed E-state index contributed by atoms with van der Waals surface area (Å²) in [5, 5.41) is 2.73. The zero-order valence-electron chi connectivity index (χ0n) is 14.8. The largest absolute Gasteiger partial charge is 0.347 e. The number of imidazole rings is 1. The second-order valence-corrected chi connectivity index (χ2v) is 8.52. The van der Waals surface area contributed by atoms with Crippen molar-refractivity contribution in [2.24, 2.45) is 0 Å². The van der Waals surface area contributed by atoms with E-state index in [0.717, 1.165) is 0 Å². The number of sulfone groups is 1. The van der Waals surface area contributed by atoms with E-state index < -0.39 is 21.8 Å². The number of rotatable bonds is 5. The molecule has 8 nitrogen and oxygen atoms in total. The lowest BCUT2D eigenvalue weighted by Crippen LogP contribution is -2.36. The van der Waals surface area contributed by atoms with Crippen molar-refractivity contribution in [2.45, 2.75) is 26.3 Å². The number of hydrogen-bond donors (Lipinski definition) is 1. The van der Waals surface area contributed by atoms with E-state index >= 15 is 0 Å². The lowest BCUT2D eigenvalue weighted by atomic mass is 10.2. The summed E-state index contributed by atoms with van der Waals surface area (Å²) in [5.74, 6) is -0.523. The van der Waals surface area contributed by atoms with Crippen LogP contribution in [-0.2, 0) is 9.84 Å². The zero-order valence-corrected chi connectivity index (χ0v) is 15.6. The summed E-state index contributed by atoms with van der Waals surface area (Å²) in [4.78, 5) is 31.3. The monoisotopic (exact) mass is 378 g/mol. The Hall–Kier alpha value is -2.42. The molecule has 3 heterocycles. The van der Waals surface area contributed by atoms with Gasteiger partial charge in [0.25, 0.3) is 11.8 Å². The van der Waals surface area contributed by atoms with Crippen LogP contribution in [0.1, 0.15) is 41.4 Å². The smallest absolute Gasteiger partial charge is 0.290 e. The molecule has 1 N–H and O–H groups in total. The van der Waals surface area contributed by atoms with Gasteiger partial charge in [-0.2, -0.15) is 0 Å². The second-order valence-electron chi connectivity index (χ2n) is 6.29. The van der Waals surface area contributed by atoms with Crippen LogP contribution in [0.15, 0.2) is 24.4 Å². The molecule has 0 radical (unpaired) electrons. The molecule has 26 heavy (non-hydrogen) atoms. The molecule has 0 aliphatic carbocycles. The van der Waals surface area contributed by atoms with Crippen LogP contribution in [0.5, 0.6) is 0 Å². The molecule has 3 rings (SSSR count). The Morgan fingerprint density at radius 3 is 2.65 bits per heavy atom. The van der Waals surface area contributed by atoms with E-state index in [0.29, 0.717) is 25.0 Å². The highest BCUT2D eigenvalue weighted by atomic mass is 32.2. The van der Waals surface area contributed by atoms with Crippen LogP contribution in [0.3, 0.4) is 0 Å². The molecule has 0 saturated carbocycles. The van der Waals surface area contributed by atoms with Crippen molar-refractivity contribution in [1.29, 1.82) is 0 Å². The fraction of sp³-hybridized carbons (Fsp3) is 0.471. The number of carbonyl (C=O) groups excluding carboxylic acids is 2. The van der Waals surface area contributed by atoms with Gasteiger partial charge < -0.3 is 10.2 Å². The molecule has 140 valence electrons. The molecule has 0 bridgehead atoms. The van der Waals surface area contributed by atoms with Crippen LogP contribution >= 0.6 is 0 Å². The summed E-state index contributed by atoms with van der Waals surface area (Å²) < 4.78 is 24.8. The number of pyridine rings is 1. The highest BCUT2D eigenvalue weighted by molar-refractivity contribution is 7.91. The van der Waals surface area contributed by atoms with Crippen LogP contribution in [0.25, 0.3) is 5.52 Å². The van der Waals surface area contributed by atoms with Crippen molar-refractivity contribution in [3.8, 4) is 0 Å². The average Bonchev–Trinajstić information content (AvgIpc) is 3.16. The molecule has 0 aromatic carbocycles. The number of hydrogen-bond acceptors (Lipinski definition) is 5. The van der Waals surface area contributed by atoms with Crippen LogP contribution < -0.4 is 5.32 Å². The van der Waals surface area contributed by atoms with Gasteiger partial charge in [0, 0.05) is 25.3 Å². The normalized spacial score (nSPS) is 18.8. The summed E-state index contributed by atoms with van der Waals surface area (Å²) >= 11 is 0. The minimum atomic E-state index is -3.09. The van der Waals surface area contributed by atoms with Gasteiger partial charge in [-0.3, -0.25) is 14.0 Å². The van der Waals surface area contributed by atoms with Crippen molar-refractivity contribution in [2.75, 3.05) is 24.6 Å². The molecule has 2 amide bonds. The van der Waals surface area contributed by atoms with Gasteiger partial charge in [0.15, 0.2) is 15.5 Å². The van der Waals surface area contributed by atoms with Gasteiger partial charge in [-0.05, 0) is 32.4 Å². The Labute approximate surface area is 152 Å². The summed E-state index contributed by atoms with van der Waals surface area (Å²) in [6, 6.07) is 4.82. The maximum absolute atomic E-state index is 12.7. The molecule has 0 spiro atoms. The maximum Gasteiger partial charge on any atom is 0.290 e. The number of aromatic nitrogens is 2. The predicted octanol–water partition coefficient (Wildman–Crippen LogP) is 0.733. The molecule has 1 aliphatic heterocycles. The van der Waals surface area contributed by atoms with E-state index in [2.05, 4.69) is 10.3 Å². The quantitative estimate of drug-likeness (QED) is 0.827. The van der Waals surface area contributed by atoms with Crippen LogP contribution in [0.2, 0.25) is 0 Å². The highest BCUT2D eigenvalue weighted by Gasteiger charge is 2.31. The van der Waals surface area contributed by atoms with Crippen molar-refractivity contribution in [3.05, 3.63) is 35.9 Å². The summed E-state index contributed by atoms with van der Waals surface area (Å²) in [5.41, 5.74) is 0.645. The third-order valence-corrected chi connectivity index (χ3v) is 6.34. The van der Waals surface area contributed by atoms with Crippen LogP contribution in [-0.4, -0.2) is 65.2 Å². The standard InChI is InChI=1S/C17H22N4O4S/c1-3-20(4-2)17(23)15-19-14(13-7-5-6-9-21(13)15)16(22)18-12-8-10-26(24,25)11-12/h5-7,9,12H,3-4,8,10-11H2,1-2H3,(H,18,22). The number of fused-ring (bicyclic) bond motifs is 1. The molecule has 1 atom stereocenters. The van der Waals surface area contributed by atoms with E-state index in [-0.39, 0.29) is 28.9 Å².